The molecule has 0 aliphatic rings. The van der Waals surface area contributed by atoms with Gasteiger partial charge in [0.1, 0.15) is 0 Å². The molecular weight excluding hydrogens is 425 g/mol. The molecule has 0 saturated carbocycles. The Kier molecular flexibility index (Phi) is 5.14. The van der Waals surface area contributed by atoms with Crippen molar-refractivity contribution in [2.75, 3.05) is 0 Å². The number of benzene rings is 3. The van der Waals surface area contributed by atoms with Crippen LogP contribution in [0.25, 0.3) is 21.8 Å². The molecule has 6 nitrogen and oxygen atoms in total. The predicted molar refractivity (Wildman–Crippen MR) is 111 cm³/mol. The van der Waals surface area contributed by atoms with Crippen LogP contribution in [0.4, 0.5) is 13.2 Å². The van der Waals surface area contributed by atoms with Crippen LogP contribution in [0.15, 0.2) is 60.7 Å². The Balaban J connectivity index is 2.04. The minimum atomic E-state index is -4.51. The number of hydrogen-bond acceptors (Lipinski definition) is 3. The number of aliphatic carboxylic acids is 1. The number of hydrogen-bond donors (Lipinski definition) is 3. The van der Waals surface area contributed by atoms with Crippen molar-refractivity contribution in [1.82, 2.24) is 4.57 Å². The van der Waals surface area contributed by atoms with E-state index < -0.39 is 29.7 Å². The summed E-state index contributed by atoms with van der Waals surface area (Å²) in [4.78, 5) is 23.6. The van der Waals surface area contributed by atoms with Crippen molar-refractivity contribution in [2.45, 2.75) is 18.8 Å². The fourth-order valence-corrected chi connectivity index (χ4v) is 3.98. The highest BCUT2D eigenvalue weighted by Gasteiger charge is 2.30. The van der Waals surface area contributed by atoms with Crippen molar-refractivity contribution in [1.29, 1.82) is 0 Å². The number of fused-ring (bicyclic) bond motifs is 3. The van der Waals surface area contributed by atoms with E-state index in [0.717, 1.165) is 12.1 Å². The lowest BCUT2D eigenvalue weighted by Gasteiger charge is -2.12. The third-order valence-electron chi connectivity index (χ3n) is 5.34. The van der Waals surface area contributed by atoms with Gasteiger partial charge in [-0.05, 0) is 35.9 Å². The maximum atomic E-state index is 13.2. The van der Waals surface area contributed by atoms with Crippen LogP contribution in [-0.4, -0.2) is 26.7 Å². The van der Waals surface area contributed by atoms with Crippen molar-refractivity contribution in [3.63, 3.8) is 0 Å². The number of primary amides is 1. The normalized spacial score (nSPS) is 12.9. The van der Waals surface area contributed by atoms with Crippen LogP contribution in [0.5, 0.6) is 0 Å². The number of carboxylic acid groups (broad SMARTS) is 1. The van der Waals surface area contributed by atoms with Gasteiger partial charge in [0.05, 0.1) is 11.1 Å². The van der Waals surface area contributed by atoms with Gasteiger partial charge in [-0.15, -0.1) is 0 Å². The number of halogens is 3. The highest BCUT2D eigenvalue weighted by atomic mass is 19.4. The molecule has 4 N–H and O–H groups in total. The van der Waals surface area contributed by atoms with Gasteiger partial charge >= 0.3 is 12.1 Å². The smallest absolute Gasteiger partial charge is 0.416 e. The second-order valence-electron chi connectivity index (χ2n) is 7.33. The van der Waals surface area contributed by atoms with Gasteiger partial charge in [-0.25, -0.2) is 4.79 Å². The zero-order valence-electron chi connectivity index (χ0n) is 16.4. The van der Waals surface area contributed by atoms with Crippen LogP contribution < -0.4 is 5.73 Å². The molecule has 1 amide bonds. The number of carbonyl (C=O) groups excluding carboxylic acids is 1. The molecule has 0 radical (unpaired) electrons. The van der Waals surface area contributed by atoms with E-state index in [1.54, 1.807) is 28.8 Å². The minimum Gasteiger partial charge on any atom is -0.479 e. The molecule has 0 aliphatic carbocycles. The van der Waals surface area contributed by atoms with Gasteiger partial charge in [-0.2, -0.15) is 13.2 Å². The van der Waals surface area contributed by atoms with E-state index >= 15 is 0 Å². The highest BCUT2D eigenvalue weighted by Crippen LogP contribution is 2.37. The molecule has 164 valence electrons. The topological polar surface area (TPSA) is 106 Å². The van der Waals surface area contributed by atoms with Gasteiger partial charge in [-0.3, -0.25) is 4.79 Å². The number of nitrogens with zero attached hydrogens (tertiary/aromatic N) is 1. The summed E-state index contributed by atoms with van der Waals surface area (Å²) in [5.74, 6) is -2.24. The fraction of sp³-hybridized carbons (Fsp3) is 0.130. The first-order valence-electron chi connectivity index (χ1n) is 9.50. The van der Waals surface area contributed by atoms with E-state index in [1.165, 1.54) is 24.3 Å². The molecule has 32 heavy (non-hydrogen) atoms. The van der Waals surface area contributed by atoms with Crippen molar-refractivity contribution < 1.29 is 33.0 Å². The van der Waals surface area contributed by atoms with Crippen LogP contribution in [0.3, 0.4) is 0 Å². The molecule has 0 fully saturated rings. The largest absolute Gasteiger partial charge is 0.479 e. The first-order chi connectivity index (χ1) is 15.1. The van der Waals surface area contributed by atoms with Gasteiger partial charge in [0.15, 0.2) is 6.10 Å². The van der Waals surface area contributed by atoms with Gasteiger partial charge < -0.3 is 20.5 Å². The molecule has 1 heterocycles. The van der Waals surface area contributed by atoms with E-state index in [2.05, 4.69) is 0 Å². The number of aliphatic hydroxyl groups is 1. The highest BCUT2D eigenvalue weighted by molar-refractivity contribution is 6.19. The lowest BCUT2D eigenvalue weighted by molar-refractivity contribution is -0.146. The summed E-state index contributed by atoms with van der Waals surface area (Å²) in [6, 6.07) is 14.2. The standard InChI is InChI=1S/C23H17F3N2O4/c24-23(25,26)13-5-1-4-12(10-13)11-28-16-8-2-6-14(20(29)22(31)32)18(16)19-15(21(27)30)7-3-9-17(19)28/h1-10,20,29H,11H2,(H2,27,30)(H,31,32). The molecule has 0 spiro atoms. The lowest BCUT2D eigenvalue weighted by atomic mass is 9.99. The van der Waals surface area contributed by atoms with E-state index in [-0.39, 0.29) is 17.7 Å². The van der Waals surface area contributed by atoms with Gasteiger partial charge in [0.25, 0.3) is 0 Å². The summed E-state index contributed by atoms with van der Waals surface area (Å²) in [5, 5.41) is 20.2. The van der Waals surface area contributed by atoms with E-state index in [1.807, 2.05) is 0 Å². The number of alkyl halides is 3. The Morgan fingerprint density at radius 3 is 2.22 bits per heavy atom. The van der Waals surface area contributed by atoms with E-state index in [9.17, 15) is 33.0 Å². The summed E-state index contributed by atoms with van der Waals surface area (Å²) < 4.78 is 41.2. The minimum absolute atomic E-state index is 0.0127. The second-order valence-corrected chi connectivity index (χ2v) is 7.33. The van der Waals surface area contributed by atoms with E-state index in [4.69, 9.17) is 5.73 Å². The van der Waals surface area contributed by atoms with Crippen LogP contribution in [0.2, 0.25) is 0 Å². The number of aromatic nitrogens is 1. The van der Waals surface area contributed by atoms with Crippen molar-refractivity contribution in [2.24, 2.45) is 5.73 Å². The molecular formula is C23H17F3N2O4. The number of amides is 1. The Morgan fingerprint density at radius 1 is 0.969 bits per heavy atom. The number of nitrogens with two attached hydrogens (primary N) is 1. The quantitative estimate of drug-likeness (QED) is 0.433. The molecule has 9 heteroatoms. The average Bonchev–Trinajstić information content (AvgIpc) is 3.06. The fourth-order valence-electron chi connectivity index (χ4n) is 3.98. The monoisotopic (exact) mass is 442 g/mol. The Labute approximate surface area is 179 Å². The van der Waals surface area contributed by atoms with Crippen LogP contribution in [-0.2, 0) is 17.5 Å². The van der Waals surface area contributed by atoms with Crippen LogP contribution >= 0.6 is 0 Å². The summed E-state index contributed by atoms with van der Waals surface area (Å²) in [5.41, 5.74) is 6.18. The van der Waals surface area contributed by atoms with Gasteiger partial charge in [0, 0.05) is 34.0 Å². The molecule has 4 rings (SSSR count). The molecule has 0 bridgehead atoms. The van der Waals surface area contributed by atoms with Crippen molar-refractivity contribution in [3.05, 3.63) is 82.9 Å². The second kappa shape index (κ2) is 7.69. The number of aliphatic hydroxyl groups excluding tert-OH is 1. The van der Waals surface area contributed by atoms with Crippen molar-refractivity contribution >= 4 is 33.7 Å². The predicted octanol–water partition coefficient (Wildman–Crippen LogP) is 4.08. The maximum Gasteiger partial charge on any atom is 0.416 e. The Bertz CT molecular complexity index is 1380. The summed E-state index contributed by atoms with van der Waals surface area (Å²) >= 11 is 0. The molecule has 1 aromatic heterocycles. The lowest BCUT2D eigenvalue weighted by Crippen LogP contribution is -2.12. The number of carboxylic acids is 1. The first-order valence-corrected chi connectivity index (χ1v) is 9.50. The molecule has 0 saturated heterocycles. The number of carbonyl (C=O) groups is 2. The third kappa shape index (κ3) is 3.56. The van der Waals surface area contributed by atoms with Gasteiger partial charge in [0.2, 0.25) is 5.91 Å². The van der Waals surface area contributed by atoms with Crippen LogP contribution in [0, 0.1) is 0 Å². The third-order valence-corrected chi connectivity index (χ3v) is 5.34. The SMILES string of the molecule is NC(=O)c1cccc2c1c1c(C(O)C(=O)O)cccc1n2Cc1cccc(C(F)(F)F)c1. The molecule has 4 aromatic rings. The zero-order chi connectivity index (χ0) is 23.2. The van der Waals surface area contributed by atoms with Crippen molar-refractivity contribution in [3.8, 4) is 0 Å². The number of rotatable bonds is 5. The molecule has 0 aliphatic heterocycles. The first kappa shape index (κ1) is 21.4. The summed E-state index contributed by atoms with van der Waals surface area (Å²) in [6.07, 6.45) is -6.37. The summed E-state index contributed by atoms with van der Waals surface area (Å²) in [7, 11) is 0. The van der Waals surface area contributed by atoms with Gasteiger partial charge in [-0.1, -0.05) is 30.3 Å². The zero-order valence-corrected chi connectivity index (χ0v) is 16.4. The Morgan fingerprint density at radius 2 is 1.59 bits per heavy atom. The molecule has 1 atom stereocenters. The van der Waals surface area contributed by atoms with Crippen LogP contribution in [0.1, 0.15) is 33.2 Å². The summed E-state index contributed by atoms with van der Waals surface area (Å²) in [6.45, 7) is 0.0127. The average molecular weight is 442 g/mol. The van der Waals surface area contributed by atoms with E-state index in [0.29, 0.717) is 27.4 Å². The maximum absolute atomic E-state index is 13.2. The molecule has 1 unspecified atom stereocenters. The Hall–Kier alpha value is -3.85. The molecule has 3 aromatic carbocycles.